The maximum Gasteiger partial charge on any atom is 0.119 e. The maximum atomic E-state index is 6.11. The molecule has 0 N–H and O–H groups in total. The minimum atomic E-state index is 0.306. The lowest BCUT2D eigenvalue weighted by molar-refractivity contribution is -0.0699. The van der Waals surface area contributed by atoms with Gasteiger partial charge in [0.15, 0.2) is 0 Å². The van der Waals surface area contributed by atoms with E-state index in [1.54, 1.807) is 0 Å². The fourth-order valence-corrected chi connectivity index (χ4v) is 2.92. The largest absolute Gasteiger partial charge is 0.492 e. The van der Waals surface area contributed by atoms with Crippen molar-refractivity contribution in [2.24, 2.45) is 0 Å². The van der Waals surface area contributed by atoms with Gasteiger partial charge < -0.3 is 9.47 Å². The van der Waals surface area contributed by atoms with Crippen molar-refractivity contribution in [1.82, 2.24) is 4.90 Å². The van der Waals surface area contributed by atoms with Gasteiger partial charge >= 0.3 is 0 Å². The number of aryl methyl sites for hydroxylation is 1. The van der Waals surface area contributed by atoms with Crippen molar-refractivity contribution in [3.63, 3.8) is 0 Å². The third-order valence-corrected chi connectivity index (χ3v) is 3.94. The highest BCUT2D eigenvalue weighted by Gasteiger charge is 2.21. The summed E-state index contributed by atoms with van der Waals surface area (Å²) in [6.45, 7) is 9.93. The molecule has 3 nitrogen and oxygen atoms in total. The number of halogens is 1. The Labute approximate surface area is 126 Å². The maximum absolute atomic E-state index is 6.11. The average Bonchev–Trinajstić information content (AvgIpc) is 2.39. The molecule has 2 atom stereocenters. The van der Waals surface area contributed by atoms with Gasteiger partial charge in [0, 0.05) is 24.7 Å². The summed E-state index contributed by atoms with van der Waals surface area (Å²) in [6.07, 6.45) is 1.54. The third-order valence-electron chi connectivity index (χ3n) is 3.57. The van der Waals surface area contributed by atoms with E-state index < -0.39 is 0 Å². The van der Waals surface area contributed by atoms with Gasteiger partial charge in [-0.1, -0.05) is 18.5 Å². The predicted octanol–water partition coefficient (Wildman–Crippen LogP) is 3.39. The van der Waals surface area contributed by atoms with Gasteiger partial charge in [-0.2, -0.15) is 0 Å². The van der Waals surface area contributed by atoms with E-state index in [-0.39, 0.29) is 0 Å². The van der Waals surface area contributed by atoms with E-state index in [2.05, 4.69) is 25.7 Å². The molecule has 1 saturated heterocycles. The third kappa shape index (κ3) is 4.37. The zero-order valence-electron chi connectivity index (χ0n) is 12.6. The lowest BCUT2D eigenvalue weighted by atomic mass is 10.1. The number of benzene rings is 1. The van der Waals surface area contributed by atoms with Gasteiger partial charge in [0.2, 0.25) is 0 Å². The van der Waals surface area contributed by atoms with Crippen LogP contribution in [0.4, 0.5) is 0 Å². The number of hydrogen-bond donors (Lipinski definition) is 0. The lowest BCUT2D eigenvalue weighted by Crippen LogP contribution is -2.46. The van der Waals surface area contributed by atoms with E-state index in [1.165, 1.54) is 0 Å². The molecule has 2 rings (SSSR count). The SMILES string of the molecule is CCc1cc(OCCN2CC(C)OC(C)C2)ccc1Cl. The van der Waals surface area contributed by atoms with E-state index in [4.69, 9.17) is 21.1 Å². The highest BCUT2D eigenvalue weighted by molar-refractivity contribution is 6.31. The van der Waals surface area contributed by atoms with E-state index in [0.29, 0.717) is 18.8 Å². The van der Waals surface area contributed by atoms with Crippen LogP contribution in [-0.2, 0) is 11.2 Å². The van der Waals surface area contributed by atoms with Gasteiger partial charge in [-0.25, -0.2) is 0 Å². The standard InChI is InChI=1S/C16H24ClNO2/c1-4-14-9-15(5-6-16(14)17)19-8-7-18-10-12(2)20-13(3)11-18/h5-6,9,12-13H,4,7-8,10-11H2,1-3H3. The molecule has 0 aliphatic carbocycles. The number of ether oxygens (including phenoxy) is 2. The Balaban J connectivity index is 1.81. The van der Waals surface area contributed by atoms with Crippen molar-refractivity contribution in [2.45, 2.75) is 39.4 Å². The van der Waals surface area contributed by atoms with Crippen molar-refractivity contribution in [2.75, 3.05) is 26.2 Å². The molecule has 0 spiro atoms. The Morgan fingerprint density at radius 3 is 2.65 bits per heavy atom. The second-order valence-electron chi connectivity index (χ2n) is 5.47. The van der Waals surface area contributed by atoms with Gasteiger partial charge in [0.1, 0.15) is 12.4 Å². The van der Waals surface area contributed by atoms with Gasteiger partial charge in [-0.3, -0.25) is 4.90 Å². The van der Waals surface area contributed by atoms with Gasteiger partial charge in [-0.15, -0.1) is 0 Å². The molecule has 1 aliphatic rings. The van der Waals surface area contributed by atoms with Crippen LogP contribution in [0.2, 0.25) is 5.02 Å². The molecule has 2 unspecified atom stereocenters. The van der Waals surface area contributed by atoms with Crippen LogP contribution in [0.15, 0.2) is 18.2 Å². The normalized spacial score (nSPS) is 23.8. The fraction of sp³-hybridized carbons (Fsp3) is 0.625. The first-order valence-electron chi connectivity index (χ1n) is 7.37. The molecule has 0 aromatic heterocycles. The Morgan fingerprint density at radius 2 is 2.00 bits per heavy atom. The zero-order valence-corrected chi connectivity index (χ0v) is 13.3. The molecule has 0 saturated carbocycles. The molecule has 0 amide bonds. The quantitative estimate of drug-likeness (QED) is 0.831. The minimum Gasteiger partial charge on any atom is -0.492 e. The lowest BCUT2D eigenvalue weighted by Gasteiger charge is -2.35. The summed E-state index contributed by atoms with van der Waals surface area (Å²) in [5.41, 5.74) is 1.14. The summed E-state index contributed by atoms with van der Waals surface area (Å²) in [7, 11) is 0. The van der Waals surface area contributed by atoms with Crippen LogP contribution in [0.3, 0.4) is 0 Å². The first-order chi connectivity index (χ1) is 9.58. The second-order valence-corrected chi connectivity index (χ2v) is 5.88. The molecule has 1 aromatic carbocycles. The first kappa shape index (κ1) is 15.6. The monoisotopic (exact) mass is 297 g/mol. The van der Waals surface area contributed by atoms with Crippen LogP contribution in [0, 0.1) is 0 Å². The summed E-state index contributed by atoms with van der Waals surface area (Å²) < 4.78 is 11.6. The second kappa shape index (κ2) is 7.30. The minimum absolute atomic E-state index is 0.306. The molecular weight excluding hydrogens is 274 g/mol. The first-order valence-corrected chi connectivity index (χ1v) is 7.75. The van der Waals surface area contributed by atoms with Crippen LogP contribution >= 0.6 is 11.6 Å². The molecule has 0 bridgehead atoms. The van der Waals surface area contributed by atoms with Crippen molar-refractivity contribution < 1.29 is 9.47 Å². The van der Waals surface area contributed by atoms with Crippen molar-refractivity contribution in [3.05, 3.63) is 28.8 Å². The molecule has 1 aliphatic heterocycles. The number of rotatable bonds is 5. The van der Waals surface area contributed by atoms with Crippen LogP contribution in [-0.4, -0.2) is 43.3 Å². The summed E-state index contributed by atoms with van der Waals surface area (Å²) >= 11 is 6.11. The Kier molecular flexibility index (Phi) is 5.70. The van der Waals surface area contributed by atoms with E-state index >= 15 is 0 Å². The van der Waals surface area contributed by atoms with Crippen molar-refractivity contribution in [3.8, 4) is 5.75 Å². The zero-order chi connectivity index (χ0) is 14.5. The van der Waals surface area contributed by atoms with Crippen LogP contribution < -0.4 is 4.74 Å². The Bertz CT molecular complexity index is 428. The van der Waals surface area contributed by atoms with Gasteiger partial charge in [0.25, 0.3) is 0 Å². The molecule has 112 valence electrons. The molecule has 1 heterocycles. The van der Waals surface area contributed by atoms with Crippen LogP contribution in [0.1, 0.15) is 26.3 Å². The van der Waals surface area contributed by atoms with E-state index in [0.717, 1.165) is 42.4 Å². The molecule has 1 aromatic rings. The fourth-order valence-electron chi connectivity index (χ4n) is 2.67. The summed E-state index contributed by atoms with van der Waals surface area (Å²) in [6, 6.07) is 5.88. The van der Waals surface area contributed by atoms with E-state index in [1.807, 2.05) is 18.2 Å². The number of nitrogens with zero attached hydrogens (tertiary/aromatic N) is 1. The smallest absolute Gasteiger partial charge is 0.119 e. The highest BCUT2D eigenvalue weighted by atomic mass is 35.5. The predicted molar refractivity (Wildman–Crippen MR) is 82.8 cm³/mol. The molecule has 4 heteroatoms. The van der Waals surface area contributed by atoms with Crippen molar-refractivity contribution in [1.29, 1.82) is 0 Å². The topological polar surface area (TPSA) is 21.7 Å². The van der Waals surface area contributed by atoms with Gasteiger partial charge in [0.05, 0.1) is 12.2 Å². The average molecular weight is 298 g/mol. The molecule has 1 fully saturated rings. The molecule has 20 heavy (non-hydrogen) atoms. The Hall–Kier alpha value is -0.770. The molecular formula is C16H24ClNO2. The van der Waals surface area contributed by atoms with Crippen molar-refractivity contribution >= 4 is 11.6 Å². The number of morpholine rings is 1. The Morgan fingerprint density at radius 1 is 1.30 bits per heavy atom. The molecule has 0 radical (unpaired) electrons. The van der Waals surface area contributed by atoms with Gasteiger partial charge in [-0.05, 0) is 44.0 Å². The summed E-state index contributed by atoms with van der Waals surface area (Å²) in [4.78, 5) is 2.40. The van der Waals surface area contributed by atoms with E-state index in [9.17, 15) is 0 Å². The summed E-state index contributed by atoms with van der Waals surface area (Å²) in [5.74, 6) is 0.903. The van der Waals surface area contributed by atoms with Crippen LogP contribution in [0.25, 0.3) is 0 Å². The van der Waals surface area contributed by atoms with Crippen LogP contribution in [0.5, 0.6) is 5.75 Å². The number of hydrogen-bond acceptors (Lipinski definition) is 3. The summed E-state index contributed by atoms with van der Waals surface area (Å²) in [5, 5.41) is 0.815. The highest BCUT2D eigenvalue weighted by Crippen LogP contribution is 2.22.